The monoisotopic (exact) mass is 590 g/mol. The number of hydrogen-bond acceptors (Lipinski definition) is 7. The zero-order chi connectivity index (χ0) is 30.5. The topological polar surface area (TPSA) is 123 Å². The van der Waals surface area contributed by atoms with Crippen molar-refractivity contribution in [3.63, 3.8) is 0 Å². The zero-order valence-corrected chi connectivity index (χ0v) is 24.4. The lowest BCUT2D eigenvalue weighted by Crippen LogP contribution is -2.36. The summed E-state index contributed by atoms with van der Waals surface area (Å²) in [5, 5.41) is 15.0. The fraction of sp³-hybridized carbons (Fsp3) is 0.206. The molecule has 1 aromatic heterocycles. The maximum atomic E-state index is 12.9. The van der Waals surface area contributed by atoms with Gasteiger partial charge in [0, 0.05) is 66.1 Å². The number of hydrogen-bond donors (Lipinski definition) is 4. The molecule has 0 saturated carbocycles. The number of rotatable bonds is 9. The van der Waals surface area contributed by atoms with Crippen molar-refractivity contribution in [1.82, 2.24) is 9.97 Å². The Balaban J connectivity index is 1.08. The van der Waals surface area contributed by atoms with Gasteiger partial charge in [0.05, 0.1) is 30.9 Å². The molecule has 0 atom stereocenters. The van der Waals surface area contributed by atoms with Gasteiger partial charge in [-0.2, -0.15) is 0 Å². The minimum Gasteiger partial charge on any atom is -0.395 e. The third-order valence-corrected chi connectivity index (χ3v) is 7.67. The van der Waals surface area contributed by atoms with E-state index in [0.29, 0.717) is 34.7 Å². The van der Waals surface area contributed by atoms with E-state index in [-0.39, 0.29) is 18.4 Å². The number of nitrogens with one attached hydrogen (secondary N) is 3. The van der Waals surface area contributed by atoms with Gasteiger partial charge in [-0.05, 0) is 78.9 Å². The molecule has 10 heteroatoms. The first kappa shape index (κ1) is 28.9. The number of H-pyrrole nitrogens is 1. The van der Waals surface area contributed by atoms with Crippen molar-refractivity contribution in [2.75, 3.05) is 66.9 Å². The van der Waals surface area contributed by atoms with Gasteiger partial charge in [0.25, 0.3) is 11.8 Å². The van der Waals surface area contributed by atoms with Crippen LogP contribution in [0.4, 0.5) is 22.7 Å². The van der Waals surface area contributed by atoms with Crippen LogP contribution in [0.25, 0.3) is 22.4 Å². The Kier molecular flexibility index (Phi) is 8.53. The van der Waals surface area contributed by atoms with Gasteiger partial charge in [0.2, 0.25) is 0 Å². The van der Waals surface area contributed by atoms with Crippen molar-refractivity contribution in [2.24, 2.45) is 0 Å². The number of morpholine rings is 1. The Labute approximate surface area is 255 Å². The molecule has 0 bridgehead atoms. The smallest absolute Gasteiger partial charge is 0.255 e. The van der Waals surface area contributed by atoms with E-state index in [1.54, 1.807) is 24.3 Å². The third kappa shape index (κ3) is 6.56. The second-order valence-electron chi connectivity index (χ2n) is 10.6. The predicted octanol–water partition coefficient (Wildman–Crippen LogP) is 5.00. The van der Waals surface area contributed by atoms with Crippen LogP contribution in [-0.2, 0) is 4.74 Å². The molecule has 1 aliphatic rings. The number of amides is 2. The summed E-state index contributed by atoms with van der Waals surface area (Å²) in [7, 11) is 1.89. The Morgan fingerprint density at radius 3 is 2.14 bits per heavy atom. The van der Waals surface area contributed by atoms with Crippen LogP contribution in [-0.4, -0.2) is 73.4 Å². The Morgan fingerprint density at radius 1 is 0.864 bits per heavy atom. The minimum absolute atomic E-state index is 0.0601. The van der Waals surface area contributed by atoms with Crippen molar-refractivity contribution >= 4 is 45.6 Å². The average molecular weight is 591 g/mol. The number of benzene rings is 4. The summed E-state index contributed by atoms with van der Waals surface area (Å²) in [6.45, 7) is 3.75. The average Bonchev–Trinajstić information content (AvgIpc) is 3.49. The van der Waals surface area contributed by atoms with E-state index in [4.69, 9.17) is 14.8 Å². The maximum absolute atomic E-state index is 12.9. The molecular weight excluding hydrogens is 556 g/mol. The number of likely N-dealkylation sites (N-methyl/N-ethyl adjacent to an activating group) is 1. The van der Waals surface area contributed by atoms with Crippen molar-refractivity contribution in [2.45, 2.75) is 0 Å². The number of fused-ring (bicyclic) bond motifs is 1. The number of ether oxygens (including phenoxy) is 1. The summed E-state index contributed by atoms with van der Waals surface area (Å²) in [5.41, 5.74) is 6.85. The standard InChI is InChI=1S/C34H34N6O4/c1-39(16-19-41)28-11-6-25(7-12-28)34(43)36-27-10-15-30-31(22-27)38-32(37-30)23-2-4-24(5-3-23)33(42)35-26-8-13-29(14-9-26)40-17-20-44-21-18-40/h2-15,22,41H,16-21H2,1H3,(H,35,42)(H,36,43)(H,37,38). The number of anilines is 4. The summed E-state index contributed by atoms with van der Waals surface area (Å²) < 4.78 is 5.42. The molecule has 1 saturated heterocycles. The van der Waals surface area contributed by atoms with E-state index in [1.807, 2.05) is 78.7 Å². The summed E-state index contributed by atoms with van der Waals surface area (Å²) >= 11 is 0. The van der Waals surface area contributed by atoms with Crippen LogP contribution in [0.15, 0.2) is 91.0 Å². The predicted molar refractivity (Wildman–Crippen MR) is 174 cm³/mol. The van der Waals surface area contributed by atoms with Crippen LogP contribution in [0.2, 0.25) is 0 Å². The number of nitrogens with zero attached hydrogens (tertiary/aromatic N) is 3. The summed E-state index contributed by atoms with van der Waals surface area (Å²) in [5.74, 6) is 0.252. The van der Waals surface area contributed by atoms with Crippen LogP contribution in [0.3, 0.4) is 0 Å². The lowest BCUT2D eigenvalue weighted by molar-refractivity contribution is 0.101. The SMILES string of the molecule is CN(CCO)c1ccc(C(=O)Nc2ccc3[nH]c(-c4ccc(C(=O)Nc5ccc(N6CCOCC6)cc5)cc4)nc3c2)cc1. The maximum Gasteiger partial charge on any atom is 0.255 e. The highest BCUT2D eigenvalue weighted by molar-refractivity contribution is 6.05. The molecule has 1 fully saturated rings. The van der Waals surface area contributed by atoms with Crippen LogP contribution in [0.5, 0.6) is 0 Å². The number of carbonyl (C=O) groups is 2. The van der Waals surface area contributed by atoms with Gasteiger partial charge in [0.15, 0.2) is 0 Å². The van der Waals surface area contributed by atoms with Gasteiger partial charge in [-0.3, -0.25) is 9.59 Å². The van der Waals surface area contributed by atoms with Crippen molar-refractivity contribution in [3.8, 4) is 11.4 Å². The molecule has 0 unspecified atom stereocenters. The molecule has 1 aliphatic heterocycles. The highest BCUT2D eigenvalue weighted by atomic mass is 16.5. The lowest BCUT2D eigenvalue weighted by Gasteiger charge is -2.28. The van der Waals surface area contributed by atoms with Crippen LogP contribution in [0, 0.1) is 0 Å². The van der Waals surface area contributed by atoms with E-state index < -0.39 is 0 Å². The van der Waals surface area contributed by atoms with Crippen molar-refractivity contribution < 1.29 is 19.4 Å². The van der Waals surface area contributed by atoms with E-state index in [2.05, 4.69) is 20.5 Å². The number of carbonyl (C=O) groups excluding carboxylic acids is 2. The van der Waals surface area contributed by atoms with Gasteiger partial charge >= 0.3 is 0 Å². The minimum atomic E-state index is -0.224. The lowest BCUT2D eigenvalue weighted by atomic mass is 10.1. The van der Waals surface area contributed by atoms with Crippen LogP contribution >= 0.6 is 0 Å². The first-order valence-corrected chi connectivity index (χ1v) is 14.5. The summed E-state index contributed by atoms with van der Waals surface area (Å²) in [4.78, 5) is 37.9. The molecule has 6 rings (SSSR count). The van der Waals surface area contributed by atoms with Gasteiger partial charge in [-0.25, -0.2) is 4.98 Å². The largest absolute Gasteiger partial charge is 0.395 e. The number of aromatic nitrogens is 2. The van der Waals surface area contributed by atoms with Crippen LogP contribution < -0.4 is 20.4 Å². The molecule has 10 nitrogen and oxygen atoms in total. The van der Waals surface area contributed by atoms with Gasteiger partial charge in [-0.15, -0.1) is 0 Å². The zero-order valence-electron chi connectivity index (χ0n) is 24.4. The molecule has 0 aliphatic carbocycles. The third-order valence-electron chi connectivity index (χ3n) is 7.67. The highest BCUT2D eigenvalue weighted by Gasteiger charge is 2.13. The molecule has 44 heavy (non-hydrogen) atoms. The second kappa shape index (κ2) is 13.0. The van der Waals surface area contributed by atoms with E-state index in [9.17, 15) is 9.59 Å². The quantitative estimate of drug-likeness (QED) is 0.191. The number of aliphatic hydroxyl groups is 1. The first-order valence-electron chi connectivity index (χ1n) is 14.5. The van der Waals surface area contributed by atoms with Gasteiger partial charge < -0.3 is 35.3 Å². The molecule has 4 aromatic carbocycles. The normalized spacial score (nSPS) is 13.1. The molecule has 0 radical (unpaired) electrons. The number of aromatic amines is 1. The number of aliphatic hydroxyl groups excluding tert-OH is 1. The molecule has 4 N–H and O–H groups in total. The molecule has 224 valence electrons. The number of imidazole rings is 1. The molecule has 2 heterocycles. The van der Waals surface area contributed by atoms with Crippen LogP contribution in [0.1, 0.15) is 20.7 Å². The highest BCUT2D eigenvalue weighted by Crippen LogP contribution is 2.25. The second-order valence-corrected chi connectivity index (χ2v) is 10.6. The van der Waals surface area contributed by atoms with E-state index in [0.717, 1.165) is 54.4 Å². The Hall–Kier alpha value is -5.19. The van der Waals surface area contributed by atoms with Crippen molar-refractivity contribution in [3.05, 3.63) is 102 Å². The van der Waals surface area contributed by atoms with E-state index in [1.165, 1.54) is 0 Å². The van der Waals surface area contributed by atoms with Crippen molar-refractivity contribution in [1.29, 1.82) is 0 Å². The van der Waals surface area contributed by atoms with E-state index >= 15 is 0 Å². The molecule has 5 aromatic rings. The first-order chi connectivity index (χ1) is 21.5. The molecule has 2 amide bonds. The summed E-state index contributed by atoms with van der Waals surface area (Å²) in [6.07, 6.45) is 0. The Morgan fingerprint density at radius 2 is 1.48 bits per heavy atom. The summed E-state index contributed by atoms with van der Waals surface area (Å²) in [6, 6.07) is 27.9. The van der Waals surface area contributed by atoms with Gasteiger partial charge in [0.1, 0.15) is 5.82 Å². The fourth-order valence-electron chi connectivity index (χ4n) is 5.13. The van der Waals surface area contributed by atoms with Gasteiger partial charge in [-0.1, -0.05) is 12.1 Å². The molecular formula is C34H34N6O4. The molecule has 0 spiro atoms. The Bertz CT molecular complexity index is 1740. The fourth-order valence-corrected chi connectivity index (χ4v) is 5.13.